The molecule has 3 N–H and O–H groups in total. The maximum absolute atomic E-state index is 12.2. The highest BCUT2D eigenvalue weighted by Crippen LogP contribution is 2.31. The predicted octanol–water partition coefficient (Wildman–Crippen LogP) is 2.65. The number of thiophene rings is 1. The number of nitrogens with zero attached hydrogens (tertiary/aromatic N) is 2. The van der Waals surface area contributed by atoms with E-state index in [0.29, 0.717) is 20.8 Å². The van der Waals surface area contributed by atoms with Crippen LogP contribution in [-0.2, 0) is 0 Å². The second-order valence-electron chi connectivity index (χ2n) is 3.56. The number of hydrogen-bond donors (Lipinski definition) is 2. The number of carbonyl (C=O) groups excluding carboxylic acids is 1. The highest BCUT2D eigenvalue weighted by atomic mass is 35.5. The molecular formula is C10H13Cl2N3O2S. The molecule has 18 heavy (non-hydrogen) atoms. The molecule has 1 heterocycles. The van der Waals surface area contributed by atoms with Gasteiger partial charge in [-0.2, -0.15) is 0 Å². The van der Waals surface area contributed by atoms with E-state index < -0.39 is 0 Å². The minimum absolute atomic E-state index is 0.0331. The van der Waals surface area contributed by atoms with Crippen molar-refractivity contribution in [2.24, 2.45) is 10.9 Å². The Bertz CT molecular complexity index is 462. The molecule has 0 fully saturated rings. The number of rotatable bonds is 5. The molecule has 1 aromatic heterocycles. The smallest absolute Gasteiger partial charge is 0.256 e. The van der Waals surface area contributed by atoms with E-state index in [1.807, 2.05) is 6.92 Å². The van der Waals surface area contributed by atoms with Gasteiger partial charge in [-0.05, 0) is 12.5 Å². The molecule has 0 aromatic carbocycles. The maximum Gasteiger partial charge on any atom is 0.256 e. The molecule has 1 amide bonds. The van der Waals surface area contributed by atoms with Gasteiger partial charge in [-0.3, -0.25) is 4.79 Å². The topological polar surface area (TPSA) is 78.9 Å². The zero-order chi connectivity index (χ0) is 13.7. The van der Waals surface area contributed by atoms with Crippen molar-refractivity contribution < 1.29 is 10.0 Å². The summed E-state index contributed by atoms with van der Waals surface area (Å²) < 4.78 is 0.786. The van der Waals surface area contributed by atoms with Crippen LogP contribution in [0.15, 0.2) is 11.2 Å². The maximum atomic E-state index is 12.2. The highest BCUT2D eigenvalue weighted by molar-refractivity contribution is 7.20. The molecule has 8 heteroatoms. The van der Waals surface area contributed by atoms with Crippen molar-refractivity contribution in [1.82, 2.24) is 4.90 Å². The van der Waals surface area contributed by atoms with Gasteiger partial charge in [0.25, 0.3) is 5.91 Å². The number of oxime groups is 1. The van der Waals surface area contributed by atoms with E-state index in [2.05, 4.69) is 5.16 Å². The minimum atomic E-state index is -0.281. The van der Waals surface area contributed by atoms with Gasteiger partial charge in [0.2, 0.25) is 0 Å². The van der Waals surface area contributed by atoms with Crippen molar-refractivity contribution in [3.8, 4) is 0 Å². The Balaban J connectivity index is 2.92. The summed E-state index contributed by atoms with van der Waals surface area (Å²) in [6, 6.07) is 1.52. The first-order valence-electron chi connectivity index (χ1n) is 5.20. The van der Waals surface area contributed by atoms with Gasteiger partial charge in [0.15, 0.2) is 5.84 Å². The van der Waals surface area contributed by atoms with Gasteiger partial charge < -0.3 is 15.8 Å². The minimum Gasteiger partial charge on any atom is -0.409 e. The fraction of sp³-hybridized carbons (Fsp3) is 0.400. The number of amides is 1. The standard InChI is InChI=1S/C10H13Cl2N3O2S/c1-2-3-15(5-8(13)14-17)10(16)6-4-7(11)18-9(6)12/h4,17H,2-3,5H2,1H3,(H2,13,14). The van der Waals surface area contributed by atoms with Crippen LogP contribution in [0.25, 0.3) is 0 Å². The van der Waals surface area contributed by atoms with Crippen LogP contribution in [-0.4, -0.2) is 34.9 Å². The zero-order valence-electron chi connectivity index (χ0n) is 9.69. The summed E-state index contributed by atoms with van der Waals surface area (Å²) in [6.45, 7) is 2.46. The first-order chi connectivity index (χ1) is 8.49. The van der Waals surface area contributed by atoms with Crippen molar-refractivity contribution in [3.63, 3.8) is 0 Å². The lowest BCUT2D eigenvalue weighted by molar-refractivity contribution is 0.0779. The first kappa shape index (κ1) is 15.1. The van der Waals surface area contributed by atoms with Crippen LogP contribution >= 0.6 is 34.5 Å². The molecule has 1 aromatic rings. The molecule has 100 valence electrons. The number of carbonyl (C=O) groups is 1. The van der Waals surface area contributed by atoms with Crippen LogP contribution in [0.2, 0.25) is 8.67 Å². The van der Waals surface area contributed by atoms with Crippen LogP contribution in [0.5, 0.6) is 0 Å². The van der Waals surface area contributed by atoms with Crippen LogP contribution in [0, 0.1) is 0 Å². The van der Waals surface area contributed by atoms with Gasteiger partial charge >= 0.3 is 0 Å². The molecule has 0 atom stereocenters. The predicted molar refractivity (Wildman–Crippen MR) is 73.9 cm³/mol. The van der Waals surface area contributed by atoms with E-state index in [1.165, 1.54) is 11.0 Å². The second-order valence-corrected chi connectivity index (χ2v) is 5.84. The van der Waals surface area contributed by atoms with Crippen molar-refractivity contribution in [3.05, 3.63) is 20.3 Å². The molecule has 1 rings (SSSR count). The van der Waals surface area contributed by atoms with Crippen molar-refractivity contribution in [2.45, 2.75) is 13.3 Å². The molecule has 0 bridgehead atoms. The summed E-state index contributed by atoms with van der Waals surface area (Å²) in [5.41, 5.74) is 5.75. The normalized spacial score (nSPS) is 11.6. The zero-order valence-corrected chi connectivity index (χ0v) is 12.0. The Hall–Kier alpha value is -0.980. The SMILES string of the molecule is CCCN(C/C(N)=N/O)C(=O)c1cc(Cl)sc1Cl. The van der Waals surface area contributed by atoms with E-state index in [0.717, 1.165) is 17.8 Å². The summed E-state index contributed by atoms with van der Waals surface area (Å²) >= 11 is 12.9. The lowest BCUT2D eigenvalue weighted by atomic mass is 10.2. The van der Waals surface area contributed by atoms with Crippen molar-refractivity contribution in [2.75, 3.05) is 13.1 Å². The summed E-state index contributed by atoms with van der Waals surface area (Å²) in [5, 5.41) is 11.4. The van der Waals surface area contributed by atoms with Gasteiger partial charge in [-0.1, -0.05) is 35.3 Å². The third-order valence-corrected chi connectivity index (χ3v) is 3.64. The van der Waals surface area contributed by atoms with E-state index in [9.17, 15) is 4.79 Å². The number of halogens is 2. The fourth-order valence-electron chi connectivity index (χ4n) is 1.41. The van der Waals surface area contributed by atoms with E-state index >= 15 is 0 Å². The molecule has 0 saturated heterocycles. The summed E-state index contributed by atoms with van der Waals surface area (Å²) in [7, 11) is 0. The van der Waals surface area contributed by atoms with E-state index in [-0.39, 0.29) is 18.3 Å². The van der Waals surface area contributed by atoms with Gasteiger partial charge in [0.05, 0.1) is 16.4 Å². The lowest BCUT2D eigenvalue weighted by Gasteiger charge is -2.20. The molecule has 0 saturated carbocycles. The monoisotopic (exact) mass is 309 g/mol. The van der Waals surface area contributed by atoms with Crippen molar-refractivity contribution in [1.29, 1.82) is 0 Å². The molecule has 0 aliphatic heterocycles. The summed E-state index contributed by atoms with van der Waals surface area (Å²) in [6.07, 6.45) is 0.750. The fourth-order valence-corrected chi connectivity index (χ4v) is 2.85. The van der Waals surface area contributed by atoms with Crippen LogP contribution in [0.4, 0.5) is 0 Å². The van der Waals surface area contributed by atoms with Gasteiger partial charge in [-0.15, -0.1) is 11.3 Å². The Labute approximate surface area is 119 Å². The highest BCUT2D eigenvalue weighted by Gasteiger charge is 2.21. The Morgan fingerprint density at radius 1 is 1.61 bits per heavy atom. The van der Waals surface area contributed by atoms with Gasteiger partial charge in [-0.25, -0.2) is 0 Å². The van der Waals surface area contributed by atoms with Gasteiger partial charge in [0, 0.05) is 6.54 Å². The van der Waals surface area contributed by atoms with Crippen LogP contribution in [0.3, 0.4) is 0 Å². The molecule has 0 aliphatic rings. The van der Waals surface area contributed by atoms with Crippen LogP contribution in [0.1, 0.15) is 23.7 Å². The van der Waals surface area contributed by atoms with E-state index in [4.69, 9.17) is 34.1 Å². The lowest BCUT2D eigenvalue weighted by Crippen LogP contribution is -2.39. The Morgan fingerprint density at radius 2 is 2.28 bits per heavy atom. The molecule has 0 unspecified atom stereocenters. The number of nitrogens with two attached hydrogens (primary N) is 1. The molecule has 5 nitrogen and oxygen atoms in total. The Kier molecular flexibility index (Phi) is 5.71. The first-order valence-corrected chi connectivity index (χ1v) is 6.77. The molecule has 0 aliphatic carbocycles. The second kappa shape index (κ2) is 6.82. The third-order valence-electron chi connectivity index (χ3n) is 2.15. The number of hydrogen-bond acceptors (Lipinski definition) is 4. The average Bonchev–Trinajstić information content (AvgIpc) is 2.66. The average molecular weight is 310 g/mol. The Morgan fingerprint density at radius 3 is 2.72 bits per heavy atom. The van der Waals surface area contributed by atoms with E-state index in [1.54, 1.807) is 0 Å². The molecule has 0 radical (unpaired) electrons. The molecule has 0 spiro atoms. The van der Waals surface area contributed by atoms with Crippen LogP contribution < -0.4 is 5.73 Å². The number of amidine groups is 1. The molecular weight excluding hydrogens is 297 g/mol. The van der Waals surface area contributed by atoms with Crippen molar-refractivity contribution >= 4 is 46.3 Å². The third kappa shape index (κ3) is 3.76. The summed E-state index contributed by atoms with van der Waals surface area (Å²) in [4.78, 5) is 13.7. The largest absolute Gasteiger partial charge is 0.409 e. The van der Waals surface area contributed by atoms with Gasteiger partial charge in [0.1, 0.15) is 4.34 Å². The quantitative estimate of drug-likeness (QED) is 0.380. The summed E-state index contributed by atoms with van der Waals surface area (Å²) in [5.74, 6) is -0.314.